The highest BCUT2D eigenvalue weighted by Gasteiger charge is 2.20. The van der Waals surface area contributed by atoms with Gasteiger partial charge in [0.2, 0.25) is 0 Å². The van der Waals surface area contributed by atoms with Gasteiger partial charge in [0.25, 0.3) is 0 Å². The largest absolute Gasteiger partial charge is 0.396 e. The molecule has 0 aromatic heterocycles. The lowest BCUT2D eigenvalue weighted by atomic mass is 10.0. The quantitative estimate of drug-likeness (QED) is 0.631. The van der Waals surface area contributed by atoms with Crippen LogP contribution in [-0.2, 0) is 0 Å². The molecule has 1 unspecified atom stereocenters. The molecule has 1 rings (SSSR count). The first-order chi connectivity index (χ1) is 7.38. The predicted octanol–water partition coefficient (Wildman–Crippen LogP) is 1.39. The van der Waals surface area contributed by atoms with Crippen molar-refractivity contribution in [1.29, 1.82) is 0 Å². The van der Waals surface area contributed by atoms with Crippen LogP contribution in [0.4, 0.5) is 0 Å². The normalized spacial score (nSPS) is 23.2. The van der Waals surface area contributed by atoms with Gasteiger partial charge in [-0.3, -0.25) is 4.90 Å². The third-order valence-corrected chi connectivity index (χ3v) is 3.31. The van der Waals surface area contributed by atoms with Gasteiger partial charge in [-0.05, 0) is 38.8 Å². The van der Waals surface area contributed by atoms with Crippen molar-refractivity contribution in [1.82, 2.24) is 4.90 Å². The standard InChI is InChI=1S/C12H25NO2/c14-10-6-2-1-4-8-13-9-5-3-7-12(13)11-15/h12,14-15H,1-11H2. The molecule has 1 saturated heterocycles. The maximum absolute atomic E-state index is 9.23. The molecule has 2 N–H and O–H groups in total. The number of rotatable bonds is 7. The Morgan fingerprint density at radius 3 is 2.53 bits per heavy atom. The lowest BCUT2D eigenvalue weighted by Gasteiger charge is -2.34. The maximum atomic E-state index is 9.23. The van der Waals surface area contributed by atoms with Crippen molar-refractivity contribution < 1.29 is 10.2 Å². The van der Waals surface area contributed by atoms with Crippen molar-refractivity contribution in [2.75, 3.05) is 26.3 Å². The number of nitrogens with zero attached hydrogens (tertiary/aromatic N) is 1. The second-order valence-corrected chi connectivity index (χ2v) is 4.51. The molecular formula is C12H25NO2. The molecule has 1 heterocycles. The highest BCUT2D eigenvalue weighted by molar-refractivity contribution is 4.75. The monoisotopic (exact) mass is 215 g/mol. The van der Waals surface area contributed by atoms with Crippen molar-refractivity contribution in [3.63, 3.8) is 0 Å². The maximum Gasteiger partial charge on any atom is 0.0586 e. The number of piperidine rings is 1. The average Bonchev–Trinajstić information content (AvgIpc) is 2.29. The van der Waals surface area contributed by atoms with Gasteiger partial charge in [-0.2, -0.15) is 0 Å². The molecular weight excluding hydrogens is 190 g/mol. The Morgan fingerprint density at radius 2 is 1.80 bits per heavy atom. The Kier molecular flexibility index (Phi) is 6.98. The van der Waals surface area contributed by atoms with Crippen molar-refractivity contribution in [2.45, 2.75) is 51.0 Å². The minimum absolute atomic E-state index is 0.316. The van der Waals surface area contributed by atoms with Gasteiger partial charge in [-0.25, -0.2) is 0 Å². The molecule has 0 saturated carbocycles. The third kappa shape index (κ3) is 4.96. The molecule has 0 bridgehead atoms. The van der Waals surface area contributed by atoms with E-state index in [1.54, 1.807) is 0 Å². The Hall–Kier alpha value is -0.120. The molecule has 0 radical (unpaired) electrons. The van der Waals surface area contributed by atoms with E-state index in [4.69, 9.17) is 5.11 Å². The van der Waals surface area contributed by atoms with Crippen LogP contribution >= 0.6 is 0 Å². The summed E-state index contributed by atoms with van der Waals surface area (Å²) >= 11 is 0. The first kappa shape index (κ1) is 12.9. The molecule has 0 aliphatic carbocycles. The number of hydrogen-bond acceptors (Lipinski definition) is 3. The van der Waals surface area contributed by atoms with Crippen molar-refractivity contribution in [3.05, 3.63) is 0 Å². The van der Waals surface area contributed by atoms with E-state index in [-0.39, 0.29) is 0 Å². The zero-order valence-electron chi connectivity index (χ0n) is 9.70. The summed E-state index contributed by atoms with van der Waals surface area (Å²) < 4.78 is 0. The molecule has 0 spiro atoms. The molecule has 3 heteroatoms. The minimum Gasteiger partial charge on any atom is -0.396 e. The fraction of sp³-hybridized carbons (Fsp3) is 1.00. The Morgan fingerprint density at radius 1 is 1.00 bits per heavy atom. The van der Waals surface area contributed by atoms with Gasteiger partial charge in [0, 0.05) is 12.6 Å². The van der Waals surface area contributed by atoms with E-state index in [9.17, 15) is 5.11 Å². The summed E-state index contributed by atoms with van der Waals surface area (Å²) in [6, 6.07) is 0.414. The summed E-state index contributed by atoms with van der Waals surface area (Å²) in [5, 5.41) is 17.9. The summed E-state index contributed by atoms with van der Waals surface area (Å²) in [4.78, 5) is 2.43. The number of hydrogen-bond donors (Lipinski definition) is 2. The van der Waals surface area contributed by atoms with Crippen LogP contribution < -0.4 is 0 Å². The van der Waals surface area contributed by atoms with Crippen molar-refractivity contribution in [2.24, 2.45) is 0 Å². The first-order valence-electron chi connectivity index (χ1n) is 6.34. The molecule has 90 valence electrons. The molecule has 1 fully saturated rings. The van der Waals surface area contributed by atoms with Gasteiger partial charge in [0.15, 0.2) is 0 Å². The SMILES string of the molecule is OCCCCCCN1CCCCC1CO. The molecule has 0 aromatic carbocycles. The van der Waals surface area contributed by atoms with Crippen LogP contribution in [-0.4, -0.2) is 47.5 Å². The zero-order valence-corrected chi connectivity index (χ0v) is 9.70. The van der Waals surface area contributed by atoms with Crippen LogP contribution in [0.3, 0.4) is 0 Å². The first-order valence-corrected chi connectivity index (χ1v) is 6.34. The third-order valence-electron chi connectivity index (χ3n) is 3.31. The highest BCUT2D eigenvalue weighted by Crippen LogP contribution is 2.17. The van der Waals surface area contributed by atoms with E-state index in [1.807, 2.05) is 0 Å². The van der Waals surface area contributed by atoms with E-state index in [1.165, 1.54) is 25.7 Å². The van der Waals surface area contributed by atoms with Crippen LogP contribution in [0, 0.1) is 0 Å². The summed E-state index contributed by atoms with van der Waals surface area (Å²) in [5.74, 6) is 0. The van der Waals surface area contributed by atoms with E-state index in [0.717, 1.165) is 32.4 Å². The van der Waals surface area contributed by atoms with E-state index in [2.05, 4.69) is 4.90 Å². The van der Waals surface area contributed by atoms with Gasteiger partial charge >= 0.3 is 0 Å². The number of aliphatic hydroxyl groups is 2. The van der Waals surface area contributed by atoms with Crippen LogP contribution in [0.2, 0.25) is 0 Å². The van der Waals surface area contributed by atoms with Crippen LogP contribution in [0.1, 0.15) is 44.9 Å². The molecule has 3 nitrogen and oxygen atoms in total. The van der Waals surface area contributed by atoms with Crippen LogP contribution in [0.15, 0.2) is 0 Å². The van der Waals surface area contributed by atoms with Crippen molar-refractivity contribution in [3.8, 4) is 0 Å². The fourth-order valence-corrected chi connectivity index (χ4v) is 2.34. The summed E-state index contributed by atoms with van der Waals surface area (Å²) in [6.07, 6.45) is 8.19. The lowest BCUT2D eigenvalue weighted by molar-refractivity contribution is 0.0885. The lowest BCUT2D eigenvalue weighted by Crippen LogP contribution is -2.42. The Balaban J connectivity index is 2.07. The Labute approximate surface area is 93.1 Å². The average molecular weight is 215 g/mol. The van der Waals surface area contributed by atoms with Gasteiger partial charge in [0.05, 0.1) is 6.61 Å². The van der Waals surface area contributed by atoms with Gasteiger partial charge in [-0.15, -0.1) is 0 Å². The molecule has 1 aliphatic heterocycles. The van der Waals surface area contributed by atoms with Crippen molar-refractivity contribution >= 4 is 0 Å². The van der Waals surface area contributed by atoms with Crippen LogP contribution in [0.5, 0.6) is 0 Å². The zero-order chi connectivity index (χ0) is 10.9. The number of unbranched alkanes of at least 4 members (excludes halogenated alkanes) is 3. The summed E-state index contributed by atoms with van der Waals surface area (Å²) in [6.45, 7) is 2.92. The highest BCUT2D eigenvalue weighted by atomic mass is 16.3. The summed E-state index contributed by atoms with van der Waals surface area (Å²) in [7, 11) is 0. The van der Waals surface area contributed by atoms with Gasteiger partial charge < -0.3 is 10.2 Å². The molecule has 1 atom stereocenters. The van der Waals surface area contributed by atoms with E-state index < -0.39 is 0 Å². The molecule has 1 aliphatic rings. The van der Waals surface area contributed by atoms with Gasteiger partial charge in [0.1, 0.15) is 0 Å². The Bertz CT molecular complexity index is 153. The number of likely N-dealkylation sites (tertiary alicyclic amines) is 1. The fourth-order valence-electron chi connectivity index (χ4n) is 2.34. The summed E-state index contributed by atoms with van der Waals surface area (Å²) in [5.41, 5.74) is 0. The van der Waals surface area contributed by atoms with E-state index in [0.29, 0.717) is 19.3 Å². The second kappa shape index (κ2) is 8.08. The number of aliphatic hydroxyl groups excluding tert-OH is 2. The van der Waals surface area contributed by atoms with Crippen LogP contribution in [0.25, 0.3) is 0 Å². The molecule has 0 aromatic rings. The molecule has 0 amide bonds. The smallest absolute Gasteiger partial charge is 0.0586 e. The van der Waals surface area contributed by atoms with Gasteiger partial charge in [-0.1, -0.05) is 19.3 Å². The predicted molar refractivity (Wildman–Crippen MR) is 61.9 cm³/mol. The molecule has 15 heavy (non-hydrogen) atoms. The van der Waals surface area contributed by atoms with E-state index >= 15 is 0 Å². The topological polar surface area (TPSA) is 43.7 Å². The second-order valence-electron chi connectivity index (χ2n) is 4.51. The minimum atomic E-state index is 0.316.